The smallest absolute Gasteiger partial charge is 0.0438 e. The van der Waals surface area contributed by atoms with Crippen LogP contribution in [0.25, 0.3) is 0 Å². The highest BCUT2D eigenvalue weighted by Crippen LogP contribution is 2.24. The third-order valence-electron chi connectivity index (χ3n) is 2.05. The Hall–Kier alpha value is -0.970. The Morgan fingerprint density at radius 3 is 2.92 bits per heavy atom. The van der Waals surface area contributed by atoms with Gasteiger partial charge in [0.2, 0.25) is 0 Å². The highest BCUT2D eigenvalue weighted by atomic mass is 35.5. The first-order valence-corrected chi connectivity index (χ1v) is 4.48. The van der Waals surface area contributed by atoms with Gasteiger partial charge in [-0.25, -0.2) is 0 Å². The van der Waals surface area contributed by atoms with Crippen molar-refractivity contribution in [1.29, 1.82) is 0 Å². The fraction of sp³-hybridized carbons (Fsp3) is 0.273. The number of hydrogen-bond acceptors (Lipinski definition) is 1. The third-order valence-corrected chi connectivity index (χ3v) is 2.46. The molecule has 0 saturated heterocycles. The van der Waals surface area contributed by atoms with E-state index in [0.717, 1.165) is 16.1 Å². The van der Waals surface area contributed by atoms with E-state index in [0.29, 0.717) is 6.42 Å². The molecule has 0 spiro atoms. The Balaban J connectivity index is 3.02. The van der Waals surface area contributed by atoms with Gasteiger partial charge >= 0.3 is 0 Å². The number of benzene rings is 1. The summed E-state index contributed by atoms with van der Waals surface area (Å²) in [4.78, 5) is 0. The molecule has 1 nitrogen and oxygen atoms in total. The molecule has 1 unspecified atom stereocenters. The van der Waals surface area contributed by atoms with Gasteiger partial charge in [-0.1, -0.05) is 23.7 Å². The highest BCUT2D eigenvalue weighted by Gasteiger charge is 2.08. The largest absolute Gasteiger partial charge is 0.323 e. The summed E-state index contributed by atoms with van der Waals surface area (Å²) in [5, 5.41) is 0.741. The molecule has 0 fully saturated rings. The molecule has 0 aliphatic rings. The second kappa shape index (κ2) is 4.32. The molecule has 0 amide bonds. The number of terminal acetylenes is 1. The Kier molecular flexibility index (Phi) is 3.36. The van der Waals surface area contributed by atoms with Crippen molar-refractivity contribution >= 4 is 11.6 Å². The van der Waals surface area contributed by atoms with E-state index in [2.05, 4.69) is 5.92 Å². The maximum atomic E-state index is 5.95. The van der Waals surface area contributed by atoms with Gasteiger partial charge in [-0.15, -0.1) is 12.3 Å². The second-order valence-corrected chi connectivity index (χ2v) is 3.38. The fourth-order valence-corrected chi connectivity index (χ4v) is 1.44. The molecular formula is C11H12ClN. The van der Waals surface area contributed by atoms with Crippen LogP contribution in [0.1, 0.15) is 23.6 Å². The van der Waals surface area contributed by atoms with Crippen LogP contribution in [0, 0.1) is 19.3 Å². The quantitative estimate of drug-likeness (QED) is 0.719. The summed E-state index contributed by atoms with van der Waals surface area (Å²) >= 11 is 5.95. The van der Waals surface area contributed by atoms with Crippen LogP contribution in [0.3, 0.4) is 0 Å². The van der Waals surface area contributed by atoms with Crippen molar-refractivity contribution in [2.24, 2.45) is 5.73 Å². The summed E-state index contributed by atoms with van der Waals surface area (Å²) in [6.07, 6.45) is 5.73. The van der Waals surface area contributed by atoms with Gasteiger partial charge in [0.15, 0.2) is 0 Å². The first-order chi connectivity index (χ1) is 6.16. The van der Waals surface area contributed by atoms with Crippen LogP contribution in [0.2, 0.25) is 5.02 Å². The van der Waals surface area contributed by atoms with Crippen molar-refractivity contribution in [3.05, 3.63) is 34.3 Å². The van der Waals surface area contributed by atoms with Gasteiger partial charge in [-0.3, -0.25) is 0 Å². The average Bonchev–Trinajstić information content (AvgIpc) is 2.10. The molecule has 0 aliphatic carbocycles. The lowest BCUT2D eigenvalue weighted by Gasteiger charge is -2.12. The number of halogens is 1. The normalized spacial score (nSPS) is 12.2. The Bertz CT molecular complexity index is 338. The van der Waals surface area contributed by atoms with Crippen molar-refractivity contribution in [3.63, 3.8) is 0 Å². The fourth-order valence-electron chi connectivity index (χ4n) is 1.26. The van der Waals surface area contributed by atoms with Crippen molar-refractivity contribution < 1.29 is 0 Å². The molecule has 1 aromatic carbocycles. The van der Waals surface area contributed by atoms with E-state index in [4.69, 9.17) is 23.8 Å². The molecule has 1 aromatic rings. The summed E-state index contributed by atoms with van der Waals surface area (Å²) < 4.78 is 0. The Morgan fingerprint density at radius 1 is 1.62 bits per heavy atom. The summed E-state index contributed by atoms with van der Waals surface area (Å²) in [7, 11) is 0. The van der Waals surface area contributed by atoms with Crippen LogP contribution in [-0.4, -0.2) is 0 Å². The lowest BCUT2D eigenvalue weighted by atomic mass is 10.00. The SMILES string of the molecule is C#CCC(N)c1cccc(Cl)c1C. The molecule has 0 aliphatic heterocycles. The van der Waals surface area contributed by atoms with Crippen LogP contribution in [0.15, 0.2) is 18.2 Å². The van der Waals surface area contributed by atoms with E-state index in [1.54, 1.807) is 0 Å². The first-order valence-electron chi connectivity index (χ1n) is 4.11. The number of nitrogens with two attached hydrogens (primary N) is 1. The molecule has 0 radical (unpaired) electrons. The van der Waals surface area contributed by atoms with E-state index in [9.17, 15) is 0 Å². The van der Waals surface area contributed by atoms with Crippen molar-refractivity contribution in [3.8, 4) is 12.3 Å². The molecule has 13 heavy (non-hydrogen) atoms. The molecule has 0 bridgehead atoms. The monoisotopic (exact) mass is 193 g/mol. The molecular weight excluding hydrogens is 182 g/mol. The van der Waals surface area contributed by atoms with Gasteiger partial charge in [0.25, 0.3) is 0 Å². The molecule has 1 atom stereocenters. The minimum atomic E-state index is -0.108. The molecule has 0 heterocycles. The maximum absolute atomic E-state index is 5.95. The summed E-state index contributed by atoms with van der Waals surface area (Å²) in [5.41, 5.74) is 7.93. The average molecular weight is 194 g/mol. The van der Waals surface area contributed by atoms with Crippen LogP contribution >= 0.6 is 11.6 Å². The van der Waals surface area contributed by atoms with Gasteiger partial charge in [0.1, 0.15) is 0 Å². The van der Waals surface area contributed by atoms with E-state index < -0.39 is 0 Å². The van der Waals surface area contributed by atoms with E-state index >= 15 is 0 Å². The maximum Gasteiger partial charge on any atom is 0.0438 e. The zero-order chi connectivity index (χ0) is 9.84. The van der Waals surface area contributed by atoms with Gasteiger partial charge < -0.3 is 5.73 Å². The van der Waals surface area contributed by atoms with Crippen LogP contribution < -0.4 is 5.73 Å². The number of hydrogen-bond donors (Lipinski definition) is 1. The predicted octanol–water partition coefficient (Wildman–Crippen LogP) is 2.67. The zero-order valence-corrected chi connectivity index (χ0v) is 8.31. The summed E-state index contributed by atoms with van der Waals surface area (Å²) in [6, 6.07) is 5.59. The van der Waals surface area contributed by atoms with Crippen LogP contribution in [0.4, 0.5) is 0 Å². The molecule has 0 saturated carbocycles. The van der Waals surface area contributed by atoms with Crippen molar-refractivity contribution in [1.82, 2.24) is 0 Å². The number of rotatable bonds is 2. The molecule has 68 valence electrons. The summed E-state index contributed by atoms with van der Waals surface area (Å²) in [6.45, 7) is 1.95. The van der Waals surface area contributed by atoms with Gasteiger partial charge in [0, 0.05) is 17.5 Å². The first kappa shape index (κ1) is 10.1. The zero-order valence-electron chi connectivity index (χ0n) is 7.55. The van der Waals surface area contributed by atoms with Gasteiger partial charge in [0.05, 0.1) is 0 Å². The van der Waals surface area contributed by atoms with Gasteiger partial charge in [-0.2, -0.15) is 0 Å². The lowest BCUT2D eigenvalue weighted by Crippen LogP contribution is -2.10. The Morgan fingerprint density at radius 2 is 2.31 bits per heavy atom. The molecule has 2 heteroatoms. The molecule has 0 aromatic heterocycles. The van der Waals surface area contributed by atoms with E-state index in [1.165, 1.54) is 0 Å². The predicted molar refractivity (Wildman–Crippen MR) is 56.6 cm³/mol. The van der Waals surface area contributed by atoms with Crippen LogP contribution in [-0.2, 0) is 0 Å². The highest BCUT2D eigenvalue weighted by molar-refractivity contribution is 6.31. The van der Waals surface area contributed by atoms with Crippen molar-refractivity contribution in [2.75, 3.05) is 0 Å². The van der Waals surface area contributed by atoms with Crippen LogP contribution in [0.5, 0.6) is 0 Å². The summed E-state index contributed by atoms with van der Waals surface area (Å²) in [5.74, 6) is 2.54. The molecule has 2 N–H and O–H groups in total. The van der Waals surface area contributed by atoms with Gasteiger partial charge in [-0.05, 0) is 24.1 Å². The molecule has 1 rings (SSSR count). The lowest BCUT2D eigenvalue weighted by molar-refractivity contribution is 0.748. The third kappa shape index (κ3) is 2.24. The minimum absolute atomic E-state index is 0.108. The van der Waals surface area contributed by atoms with E-state index in [-0.39, 0.29) is 6.04 Å². The Labute approximate surface area is 83.9 Å². The van der Waals surface area contributed by atoms with E-state index in [1.807, 2.05) is 25.1 Å². The van der Waals surface area contributed by atoms with Crippen molar-refractivity contribution in [2.45, 2.75) is 19.4 Å². The minimum Gasteiger partial charge on any atom is -0.323 e. The topological polar surface area (TPSA) is 26.0 Å². The standard InChI is InChI=1S/C11H12ClN/c1-3-5-11(13)9-6-4-7-10(12)8(9)2/h1,4,6-7,11H,5,13H2,2H3. The second-order valence-electron chi connectivity index (χ2n) is 2.97.